The molecule has 9 heteroatoms. The predicted molar refractivity (Wildman–Crippen MR) is 130 cm³/mol. The minimum atomic E-state index is -3.85. The Morgan fingerprint density at radius 2 is 1.41 bits per heavy atom. The van der Waals surface area contributed by atoms with Crippen LogP contribution in [0.25, 0.3) is 12.2 Å². The number of halogens is 1. The summed E-state index contributed by atoms with van der Waals surface area (Å²) in [5.74, 6) is -0.00873. The van der Waals surface area contributed by atoms with Crippen LogP contribution in [-0.2, 0) is 15.6 Å². The van der Waals surface area contributed by atoms with Gasteiger partial charge in [-0.2, -0.15) is 0 Å². The Balaban J connectivity index is 2.05. The lowest BCUT2D eigenvalue weighted by Crippen LogP contribution is -2.09. The fourth-order valence-corrected chi connectivity index (χ4v) is 4.80. The van der Waals surface area contributed by atoms with Crippen LogP contribution in [-0.4, -0.2) is 36.9 Å². The number of nitrogen functional groups attached to an aromatic ring is 1. The van der Waals surface area contributed by atoms with Crippen molar-refractivity contribution < 1.29 is 31.8 Å². The fourth-order valence-electron chi connectivity index (χ4n) is 3.41. The van der Waals surface area contributed by atoms with E-state index in [4.69, 9.17) is 24.7 Å². The van der Waals surface area contributed by atoms with E-state index in [1.165, 1.54) is 58.8 Å². The quantitative estimate of drug-likeness (QED) is 0.348. The molecule has 0 aliphatic rings. The Labute approximate surface area is 198 Å². The second-order valence-corrected chi connectivity index (χ2v) is 9.26. The largest absolute Gasteiger partial charge is 0.494 e. The Morgan fingerprint density at radius 1 is 0.824 bits per heavy atom. The van der Waals surface area contributed by atoms with E-state index in [1.54, 1.807) is 30.4 Å². The van der Waals surface area contributed by atoms with E-state index in [0.717, 1.165) is 0 Å². The van der Waals surface area contributed by atoms with Gasteiger partial charge >= 0.3 is 0 Å². The van der Waals surface area contributed by atoms with Crippen molar-refractivity contribution in [3.8, 4) is 23.0 Å². The average Bonchev–Trinajstić information content (AvgIpc) is 2.83. The normalized spacial score (nSPS) is 11.4. The molecular weight excluding hydrogens is 461 g/mol. The molecule has 2 N–H and O–H groups in total. The summed E-state index contributed by atoms with van der Waals surface area (Å²) in [5, 5.41) is 0. The highest BCUT2D eigenvalue weighted by Crippen LogP contribution is 2.39. The lowest BCUT2D eigenvalue weighted by atomic mass is 10.1. The third-order valence-corrected chi connectivity index (χ3v) is 6.84. The van der Waals surface area contributed by atoms with Crippen molar-refractivity contribution in [3.05, 3.63) is 71.0 Å². The number of ether oxygens (including phenoxy) is 4. The number of anilines is 1. The van der Waals surface area contributed by atoms with E-state index in [0.29, 0.717) is 34.1 Å². The molecule has 0 spiro atoms. The van der Waals surface area contributed by atoms with Crippen molar-refractivity contribution in [2.24, 2.45) is 0 Å². The van der Waals surface area contributed by atoms with Crippen LogP contribution in [0.1, 0.15) is 16.7 Å². The molecule has 7 nitrogen and oxygen atoms in total. The van der Waals surface area contributed by atoms with Crippen molar-refractivity contribution in [2.75, 3.05) is 34.2 Å². The number of hydrogen-bond acceptors (Lipinski definition) is 7. The first-order chi connectivity index (χ1) is 16.2. The summed E-state index contributed by atoms with van der Waals surface area (Å²) >= 11 is 0. The summed E-state index contributed by atoms with van der Waals surface area (Å²) in [5.41, 5.74) is 7.13. The predicted octanol–water partition coefficient (Wildman–Crippen LogP) is 4.59. The zero-order valence-corrected chi connectivity index (χ0v) is 20.1. The molecule has 3 aromatic rings. The first kappa shape index (κ1) is 24.9. The van der Waals surface area contributed by atoms with Crippen LogP contribution in [0.15, 0.2) is 53.4 Å². The zero-order valence-electron chi connectivity index (χ0n) is 19.3. The monoisotopic (exact) mass is 487 g/mol. The van der Waals surface area contributed by atoms with Crippen molar-refractivity contribution >= 4 is 27.7 Å². The molecule has 0 aliphatic heterocycles. The molecule has 0 unspecified atom stereocenters. The molecule has 0 bridgehead atoms. The van der Waals surface area contributed by atoms with Crippen LogP contribution in [0.2, 0.25) is 0 Å². The van der Waals surface area contributed by atoms with Gasteiger partial charge in [0.25, 0.3) is 0 Å². The van der Waals surface area contributed by atoms with E-state index in [2.05, 4.69) is 0 Å². The number of rotatable bonds is 9. The van der Waals surface area contributed by atoms with Crippen LogP contribution >= 0.6 is 0 Å². The van der Waals surface area contributed by atoms with Gasteiger partial charge in [0.1, 0.15) is 0 Å². The van der Waals surface area contributed by atoms with Crippen LogP contribution in [0.5, 0.6) is 23.0 Å². The maximum atomic E-state index is 15.2. The van der Waals surface area contributed by atoms with Gasteiger partial charge in [-0.25, -0.2) is 12.8 Å². The van der Waals surface area contributed by atoms with E-state index >= 15 is 4.39 Å². The minimum absolute atomic E-state index is 0.0140. The summed E-state index contributed by atoms with van der Waals surface area (Å²) in [6.07, 6.45) is 3.32. The Morgan fingerprint density at radius 3 is 1.94 bits per heavy atom. The van der Waals surface area contributed by atoms with E-state index in [1.807, 2.05) is 0 Å². The molecular formula is C25H26FNO6S. The Bertz CT molecular complexity index is 1280. The van der Waals surface area contributed by atoms with Gasteiger partial charge in [-0.1, -0.05) is 18.2 Å². The van der Waals surface area contributed by atoms with Crippen molar-refractivity contribution in [1.29, 1.82) is 0 Å². The summed E-state index contributed by atoms with van der Waals surface area (Å²) in [6.45, 7) is 0. The topological polar surface area (TPSA) is 97.1 Å². The molecule has 0 fully saturated rings. The Kier molecular flexibility index (Phi) is 7.68. The summed E-state index contributed by atoms with van der Waals surface area (Å²) in [7, 11) is 1.98. The van der Waals surface area contributed by atoms with Crippen LogP contribution in [0.4, 0.5) is 10.1 Å². The lowest BCUT2D eigenvalue weighted by Gasteiger charge is -2.14. The standard InChI is InChI=1S/C25H26FNO6S/c1-30-21-12-7-17(6-5-16-13-22(31-2)25(33-4)23(14-16)32-3)20(24(21)26)15-34(28,29)19-10-8-18(27)9-11-19/h5-14H,15,27H2,1-4H3/b6-5-. The highest BCUT2D eigenvalue weighted by Gasteiger charge is 2.22. The molecule has 0 aromatic heterocycles. The maximum absolute atomic E-state index is 15.2. The highest BCUT2D eigenvalue weighted by atomic mass is 32.2. The molecule has 0 saturated carbocycles. The van der Waals surface area contributed by atoms with E-state index in [9.17, 15) is 8.42 Å². The van der Waals surface area contributed by atoms with Gasteiger partial charge < -0.3 is 24.7 Å². The SMILES string of the molecule is COc1ccc(/C=C\c2cc(OC)c(OC)c(OC)c2)c(CS(=O)(=O)c2ccc(N)cc2)c1F. The molecule has 3 rings (SSSR count). The van der Waals surface area contributed by atoms with Gasteiger partial charge in [0.15, 0.2) is 32.9 Å². The van der Waals surface area contributed by atoms with Crippen LogP contribution in [0, 0.1) is 5.82 Å². The minimum Gasteiger partial charge on any atom is -0.494 e. The highest BCUT2D eigenvalue weighted by molar-refractivity contribution is 7.90. The van der Waals surface area contributed by atoms with Crippen LogP contribution in [0.3, 0.4) is 0 Å². The summed E-state index contributed by atoms with van der Waals surface area (Å²) in [6, 6.07) is 12.3. The van der Waals surface area contributed by atoms with Gasteiger partial charge in [-0.3, -0.25) is 0 Å². The van der Waals surface area contributed by atoms with Gasteiger partial charge in [0.05, 0.1) is 39.1 Å². The van der Waals surface area contributed by atoms with Gasteiger partial charge in [0.2, 0.25) is 5.75 Å². The maximum Gasteiger partial charge on any atom is 0.203 e. The summed E-state index contributed by atoms with van der Waals surface area (Å²) < 4.78 is 62.3. The number of sulfone groups is 1. The van der Waals surface area contributed by atoms with Crippen molar-refractivity contribution in [3.63, 3.8) is 0 Å². The van der Waals surface area contributed by atoms with Gasteiger partial charge in [-0.05, 0) is 53.6 Å². The molecule has 0 amide bonds. The average molecular weight is 488 g/mol. The van der Waals surface area contributed by atoms with Crippen molar-refractivity contribution in [1.82, 2.24) is 0 Å². The van der Waals surface area contributed by atoms with Crippen LogP contribution < -0.4 is 24.7 Å². The number of hydrogen-bond donors (Lipinski definition) is 1. The number of nitrogens with two attached hydrogens (primary N) is 1. The summed E-state index contributed by atoms with van der Waals surface area (Å²) in [4.78, 5) is 0.0449. The molecule has 34 heavy (non-hydrogen) atoms. The molecule has 0 heterocycles. The molecule has 0 saturated heterocycles. The van der Waals surface area contributed by atoms with Gasteiger partial charge in [-0.15, -0.1) is 0 Å². The third kappa shape index (κ3) is 5.26. The van der Waals surface area contributed by atoms with E-state index in [-0.39, 0.29) is 16.2 Å². The molecule has 180 valence electrons. The lowest BCUT2D eigenvalue weighted by molar-refractivity contribution is 0.324. The van der Waals surface area contributed by atoms with Gasteiger partial charge in [0, 0.05) is 11.3 Å². The second kappa shape index (κ2) is 10.5. The second-order valence-electron chi connectivity index (χ2n) is 7.27. The third-order valence-electron chi connectivity index (χ3n) is 5.18. The number of benzene rings is 3. The zero-order chi connectivity index (χ0) is 24.9. The molecule has 0 aliphatic carbocycles. The van der Waals surface area contributed by atoms with Crippen molar-refractivity contribution in [2.45, 2.75) is 10.6 Å². The first-order valence-corrected chi connectivity index (χ1v) is 11.8. The number of methoxy groups -OCH3 is 4. The molecule has 0 radical (unpaired) electrons. The molecule has 3 aromatic carbocycles. The fraction of sp³-hybridized carbons (Fsp3) is 0.200. The smallest absolute Gasteiger partial charge is 0.203 e. The molecule has 0 atom stereocenters. The Hall–Kier alpha value is -3.72. The van der Waals surface area contributed by atoms with E-state index < -0.39 is 21.4 Å². The first-order valence-electron chi connectivity index (χ1n) is 10.2.